The molecule has 0 spiro atoms. The summed E-state index contributed by atoms with van der Waals surface area (Å²) in [5.41, 5.74) is 0.357. The minimum atomic E-state index is -0.555. The second kappa shape index (κ2) is 8.79. The monoisotopic (exact) mass is 393 g/mol. The summed E-state index contributed by atoms with van der Waals surface area (Å²) in [5, 5.41) is 0. The third-order valence-electron chi connectivity index (χ3n) is 5.94. The molecule has 1 rings (SSSR count). The molecule has 2 amide bonds. The average molecular weight is 394 g/mol. The molecule has 0 aromatic heterocycles. The fraction of sp³-hybridized carbons (Fsp3) is 0.783. The Morgan fingerprint density at radius 2 is 1.36 bits per heavy atom. The number of hydrogen-bond acceptors (Lipinski definition) is 4. The standard InChI is InChI=1S/C23H39NO4/c1-16-17(2)19(26)24(18(16)25)13-11-10-12-14-28-20(27)23(9,22(6,7)8)15-21(3,4)5/h10-15H2,1-9H3. The van der Waals surface area contributed by atoms with Crippen LogP contribution in [0.5, 0.6) is 0 Å². The van der Waals surface area contributed by atoms with Crippen molar-refractivity contribution in [1.82, 2.24) is 4.90 Å². The first kappa shape index (κ1) is 24.4. The summed E-state index contributed by atoms with van der Waals surface area (Å²) < 4.78 is 5.63. The third kappa shape index (κ3) is 5.68. The first-order valence-electron chi connectivity index (χ1n) is 10.3. The maximum Gasteiger partial charge on any atom is 0.312 e. The van der Waals surface area contributed by atoms with E-state index in [1.54, 1.807) is 13.8 Å². The fourth-order valence-corrected chi connectivity index (χ4v) is 3.60. The van der Waals surface area contributed by atoms with Crippen molar-refractivity contribution in [2.75, 3.05) is 13.2 Å². The first-order valence-corrected chi connectivity index (χ1v) is 10.3. The van der Waals surface area contributed by atoms with Crippen LogP contribution in [0, 0.1) is 16.2 Å². The van der Waals surface area contributed by atoms with E-state index in [0.29, 0.717) is 30.7 Å². The second-order valence-corrected chi connectivity index (χ2v) is 10.5. The highest BCUT2D eigenvalue weighted by Gasteiger charge is 2.47. The molecule has 5 heteroatoms. The van der Waals surface area contributed by atoms with Crippen LogP contribution in [0.15, 0.2) is 11.1 Å². The zero-order chi connectivity index (χ0) is 21.9. The highest BCUT2D eigenvalue weighted by atomic mass is 16.5. The van der Waals surface area contributed by atoms with Crippen molar-refractivity contribution in [2.45, 2.75) is 88.0 Å². The fourth-order valence-electron chi connectivity index (χ4n) is 3.60. The van der Waals surface area contributed by atoms with E-state index in [4.69, 9.17) is 4.74 Å². The summed E-state index contributed by atoms with van der Waals surface area (Å²) in [7, 11) is 0. The molecule has 0 bridgehead atoms. The lowest BCUT2D eigenvalue weighted by Gasteiger charge is -2.43. The van der Waals surface area contributed by atoms with Gasteiger partial charge in [-0.05, 0) is 57.3 Å². The molecule has 0 radical (unpaired) electrons. The van der Waals surface area contributed by atoms with Gasteiger partial charge in [0.05, 0.1) is 12.0 Å². The number of hydrogen-bond donors (Lipinski definition) is 0. The second-order valence-electron chi connectivity index (χ2n) is 10.5. The Bertz CT molecular complexity index is 624. The van der Waals surface area contributed by atoms with Gasteiger partial charge in [-0.1, -0.05) is 41.5 Å². The molecule has 1 aliphatic heterocycles. The van der Waals surface area contributed by atoms with Gasteiger partial charge in [0.25, 0.3) is 11.8 Å². The van der Waals surface area contributed by atoms with Gasteiger partial charge in [0, 0.05) is 17.7 Å². The molecule has 0 saturated heterocycles. The van der Waals surface area contributed by atoms with Crippen LogP contribution in [0.25, 0.3) is 0 Å². The van der Waals surface area contributed by atoms with E-state index < -0.39 is 5.41 Å². The zero-order valence-corrected chi connectivity index (χ0v) is 19.3. The molecule has 5 nitrogen and oxygen atoms in total. The van der Waals surface area contributed by atoms with E-state index in [9.17, 15) is 14.4 Å². The van der Waals surface area contributed by atoms with Crippen LogP contribution >= 0.6 is 0 Å². The molecule has 0 aliphatic carbocycles. The Morgan fingerprint density at radius 1 is 0.857 bits per heavy atom. The van der Waals surface area contributed by atoms with Gasteiger partial charge >= 0.3 is 5.97 Å². The van der Waals surface area contributed by atoms with Crippen molar-refractivity contribution in [3.63, 3.8) is 0 Å². The SMILES string of the molecule is CC1=C(C)C(=O)N(CCCCCOC(=O)C(C)(CC(C)(C)C)C(C)(C)C)C1=O. The highest BCUT2D eigenvalue weighted by Crippen LogP contribution is 2.47. The number of amides is 2. The van der Waals surface area contributed by atoms with Crippen LogP contribution in [-0.2, 0) is 19.1 Å². The Morgan fingerprint density at radius 3 is 1.79 bits per heavy atom. The van der Waals surface area contributed by atoms with Crippen molar-refractivity contribution < 1.29 is 19.1 Å². The van der Waals surface area contributed by atoms with Crippen molar-refractivity contribution in [1.29, 1.82) is 0 Å². The lowest BCUT2D eigenvalue weighted by molar-refractivity contribution is -0.165. The number of nitrogens with zero attached hydrogens (tertiary/aromatic N) is 1. The molecule has 1 heterocycles. The Labute approximate surface area is 170 Å². The number of unbranched alkanes of at least 4 members (excludes halogenated alkanes) is 2. The van der Waals surface area contributed by atoms with Gasteiger partial charge in [0.1, 0.15) is 0 Å². The van der Waals surface area contributed by atoms with Gasteiger partial charge in [-0.3, -0.25) is 19.3 Å². The van der Waals surface area contributed by atoms with Crippen molar-refractivity contribution in [2.24, 2.45) is 16.2 Å². The largest absolute Gasteiger partial charge is 0.465 e. The molecular formula is C23H39NO4. The molecule has 0 saturated carbocycles. The lowest BCUT2D eigenvalue weighted by atomic mass is 9.61. The molecule has 0 fully saturated rings. The molecule has 1 aliphatic rings. The van der Waals surface area contributed by atoms with E-state index in [2.05, 4.69) is 41.5 Å². The van der Waals surface area contributed by atoms with E-state index >= 15 is 0 Å². The normalized spacial score (nSPS) is 18.0. The van der Waals surface area contributed by atoms with E-state index in [1.165, 1.54) is 4.90 Å². The molecule has 160 valence electrons. The van der Waals surface area contributed by atoms with Crippen LogP contribution < -0.4 is 0 Å². The van der Waals surface area contributed by atoms with Crippen LogP contribution in [-0.4, -0.2) is 35.8 Å². The van der Waals surface area contributed by atoms with Gasteiger partial charge in [-0.15, -0.1) is 0 Å². The molecule has 1 unspecified atom stereocenters. The Hall–Kier alpha value is -1.65. The molecular weight excluding hydrogens is 354 g/mol. The van der Waals surface area contributed by atoms with Gasteiger partial charge in [0.15, 0.2) is 0 Å². The van der Waals surface area contributed by atoms with E-state index in [0.717, 1.165) is 19.3 Å². The predicted molar refractivity (Wildman–Crippen MR) is 112 cm³/mol. The topological polar surface area (TPSA) is 63.7 Å². The van der Waals surface area contributed by atoms with Crippen LogP contribution in [0.4, 0.5) is 0 Å². The minimum Gasteiger partial charge on any atom is -0.465 e. The van der Waals surface area contributed by atoms with Gasteiger partial charge in [-0.25, -0.2) is 0 Å². The summed E-state index contributed by atoms with van der Waals surface area (Å²) in [6, 6.07) is 0. The van der Waals surface area contributed by atoms with Crippen LogP contribution in [0.3, 0.4) is 0 Å². The lowest BCUT2D eigenvalue weighted by Crippen LogP contribution is -2.44. The van der Waals surface area contributed by atoms with Gasteiger partial charge < -0.3 is 4.74 Å². The van der Waals surface area contributed by atoms with Crippen LogP contribution in [0.2, 0.25) is 0 Å². The van der Waals surface area contributed by atoms with Crippen LogP contribution in [0.1, 0.15) is 88.0 Å². The number of esters is 1. The molecule has 1 atom stereocenters. The summed E-state index contributed by atoms with van der Waals surface area (Å²) >= 11 is 0. The maximum atomic E-state index is 12.9. The smallest absolute Gasteiger partial charge is 0.312 e. The Kier molecular flexibility index (Phi) is 7.66. The first-order chi connectivity index (χ1) is 12.6. The quantitative estimate of drug-likeness (QED) is 0.334. The number of imide groups is 1. The van der Waals surface area contributed by atoms with Gasteiger partial charge in [-0.2, -0.15) is 0 Å². The minimum absolute atomic E-state index is 0.0279. The Balaban J connectivity index is 2.46. The van der Waals surface area contributed by atoms with Crippen molar-refractivity contribution in [3.05, 3.63) is 11.1 Å². The number of carbonyl (C=O) groups is 3. The molecule has 0 aromatic rings. The number of rotatable bonds is 8. The molecule has 0 N–H and O–H groups in total. The maximum absolute atomic E-state index is 12.9. The average Bonchev–Trinajstić information content (AvgIpc) is 2.72. The summed E-state index contributed by atoms with van der Waals surface area (Å²) in [5.74, 6) is -0.510. The highest BCUT2D eigenvalue weighted by molar-refractivity contribution is 6.18. The zero-order valence-electron chi connectivity index (χ0n) is 19.3. The van der Waals surface area contributed by atoms with Crippen molar-refractivity contribution >= 4 is 17.8 Å². The summed E-state index contributed by atoms with van der Waals surface area (Å²) in [6.45, 7) is 18.9. The number of ether oxygens (including phenoxy) is 1. The predicted octanol–water partition coefficient (Wildman–Crippen LogP) is 4.89. The number of carbonyl (C=O) groups excluding carboxylic acids is 3. The van der Waals surface area contributed by atoms with E-state index in [-0.39, 0.29) is 28.6 Å². The third-order valence-corrected chi connectivity index (χ3v) is 5.94. The summed E-state index contributed by atoms with van der Waals surface area (Å²) in [4.78, 5) is 38.2. The van der Waals surface area contributed by atoms with Gasteiger partial charge in [0.2, 0.25) is 0 Å². The summed E-state index contributed by atoms with van der Waals surface area (Å²) in [6.07, 6.45) is 3.00. The van der Waals surface area contributed by atoms with Crippen molar-refractivity contribution in [3.8, 4) is 0 Å². The molecule has 28 heavy (non-hydrogen) atoms. The molecule has 0 aromatic carbocycles. The van der Waals surface area contributed by atoms with E-state index in [1.807, 2.05) is 6.92 Å².